The number of aliphatic hydroxyl groups excluding tert-OH is 2. The van der Waals surface area contributed by atoms with Crippen LogP contribution >= 0.6 is 0 Å². The molecule has 0 saturated carbocycles. The highest BCUT2D eigenvalue weighted by molar-refractivity contribution is 4.74. The Bertz CT molecular complexity index is 93.9. The molecule has 0 aliphatic carbocycles. The zero-order chi connectivity index (χ0) is 7.56. The second-order valence-corrected chi connectivity index (χ2v) is 2.28. The van der Waals surface area contributed by atoms with Crippen LogP contribution in [0.4, 0.5) is 0 Å². The maximum absolute atomic E-state index is 8.67. The highest BCUT2D eigenvalue weighted by Gasteiger charge is 2.32. The monoisotopic (exact) mass is 148 g/mol. The highest BCUT2D eigenvalue weighted by Crippen LogP contribution is 2.17. The van der Waals surface area contributed by atoms with Crippen LogP contribution in [0.2, 0.25) is 0 Å². The fraction of sp³-hybridized carbons (Fsp3) is 1.00. The Morgan fingerprint density at radius 1 is 1.10 bits per heavy atom. The first kappa shape index (κ1) is 7.94. The van der Waals surface area contributed by atoms with Gasteiger partial charge in [0.2, 0.25) is 0 Å². The molecule has 1 aliphatic rings. The second-order valence-electron chi connectivity index (χ2n) is 2.28. The highest BCUT2D eigenvalue weighted by atomic mass is 16.7. The summed E-state index contributed by atoms with van der Waals surface area (Å²) in [5.41, 5.74) is 0. The van der Waals surface area contributed by atoms with Crippen LogP contribution in [-0.4, -0.2) is 41.9 Å². The molecule has 2 atom stereocenters. The number of rotatable bonds is 2. The minimum absolute atomic E-state index is 0.102. The van der Waals surface area contributed by atoms with Crippen LogP contribution in [0, 0.1) is 0 Å². The Morgan fingerprint density at radius 2 is 1.50 bits per heavy atom. The van der Waals surface area contributed by atoms with Crippen molar-refractivity contribution in [2.45, 2.75) is 25.4 Å². The van der Waals surface area contributed by atoms with Gasteiger partial charge in [-0.05, 0) is 6.92 Å². The van der Waals surface area contributed by atoms with E-state index in [1.807, 2.05) is 0 Å². The molecule has 0 aromatic rings. The second kappa shape index (κ2) is 3.30. The summed E-state index contributed by atoms with van der Waals surface area (Å²) in [6, 6.07) is 0. The van der Waals surface area contributed by atoms with E-state index in [0.717, 1.165) is 0 Å². The third-order valence-corrected chi connectivity index (χ3v) is 1.51. The molecule has 0 bridgehead atoms. The molecular formula is C6H12O4. The summed E-state index contributed by atoms with van der Waals surface area (Å²) < 4.78 is 10.2. The largest absolute Gasteiger partial charge is 0.394 e. The lowest BCUT2D eigenvalue weighted by Crippen LogP contribution is -2.29. The molecule has 0 aromatic heterocycles. The minimum Gasteiger partial charge on any atom is -0.394 e. The number of ether oxygens (including phenoxy) is 2. The van der Waals surface area contributed by atoms with E-state index in [-0.39, 0.29) is 31.7 Å². The van der Waals surface area contributed by atoms with Gasteiger partial charge in [-0.15, -0.1) is 0 Å². The van der Waals surface area contributed by atoms with Gasteiger partial charge in [0.15, 0.2) is 6.29 Å². The minimum atomic E-state index is -0.361. The molecule has 0 amide bonds. The van der Waals surface area contributed by atoms with E-state index >= 15 is 0 Å². The Morgan fingerprint density at radius 3 is 1.80 bits per heavy atom. The number of aliphatic hydroxyl groups is 2. The molecule has 0 spiro atoms. The van der Waals surface area contributed by atoms with Crippen molar-refractivity contribution in [3.8, 4) is 0 Å². The molecule has 60 valence electrons. The average Bonchev–Trinajstić information content (AvgIpc) is 2.30. The predicted octanol–water partition coefficient (Wildman–Crippen LogP) is -0.899. The van der Waals surface area contributed by atoms with Gasteiger partial charge in [-0.2, -0.15) is 0 Å². The maximum Gasteiger partial charge on any atom is 0.156 e. The standard InChI is InChI=1S/C6H12O4/c1-4-9-5(2-7)6(3-8)10-4/h4-8H,2-3H2,1H3. The van der Waals surface area contributed by atoms with Crippen LogP contribution in [0.5, 0.6) is 0 Å². The van der Waals surface area contributed by atoms with Crippen molar-refractivity contribution >= 4 is 0 Å². The molecule has 0 radical (unpaired) electrons. The molecular weight excluding hydrogens is 136 g/mol. The molecule has 1 fully saturated rings. The van der Waals surface area contributed by atoms with Crippen molar-refractivity contribution in [2.75, 3.05) is 13.2 Å². The van der Waals surface area contributed by atoms with Gasteiger partial charge in [0.25, 0.3) is 0 Å². The van der Waals surface area contributed by atoms with Gasteiger partial charge in [0, 0.05) is 0 Å². The molecule has 1 heterocycles. The van der Waals surface area contributed by atoms with E-state index in [1.165, 1.54) is 0 Å². The van der Waals surface area contributed by atoms with Gasteiger partial charge in [0.1, 0.15) is 12.2 Å². The predicted molar refractivity (Wildman–Crippen MR) is 33.4 cm³/mol. The normalized spacial score (nSPS) is 40.5. The summed E-state index contributed by atoms with van der Waals surface area (Å²) in [6.07, 6.45) is -1.03. The Labute approximate surface area is 59.4 Å². The molecule has 2 N–H and O–H groups in total. The Hall–Kier alpha value is -0.160. The average molecular weight is 148 g/mol. The quantitative estimate of drug-likeness (QED) is 0.533. The molecule has 4 heteroatoms. The van der Waals surface area contributed by atoms with Crippen molar-refractivity contribution in [1.82, 2.24) is 0 Å². The molecule has 0 aromatic carbocycles. The van der Waals surface area contributed by atoms with Crippen molar-refractivity contribution in [1.29, 1.82) is 0 Å². The number of hydrogen-bond donors (Lipinski definition) is 2. The van der Waals surface area contributed by atoms with Gasteiger partial charge in [-0.3, -0.25) is 0 Å². The van der Waals surface area contributed by atoms with E-state index in [9.17, 15) is 0 Å². The fourth-order valence-electron chi connectivity index (χ4n) is 1.02. The van der Waals surface area contributed by atoms with Crippen molar-refractivity contribution in [3.05, 3.63) is 0 Å². The van der Waals surface area contributed by atoms with Gasteiger partial charge in [0.05, 0.1) is 13.2 Å². The zero-order valence-electron chi connectivity index (χ0n) is 5.86. The first-order chi connectivity index (χ1) is 4.77. The summed E-state index contributed by atoms with van der Waals surface area (Å²) in [4.78, 5) is 0. The first-order valence-electron chi connectivity index (χ1n) is 3.30. The van der Waals surface area contributed by atoms with Crippen LogP contribution in [0.15, 0.2) is 0 Å². The van der Waals surface area contributed by atoms with Gasteiger partial charge in [-0.1, -0.05) is 0 Å². The third-order valence-electron chi connectivity index (χ3n) is 1.51. The van der Waals surface area contributed by atoms with Crippen LogP contribution in [0.3, 0.4) is 0 Å². The topological polar surface area (TPSA) is 58.9 Å². The molecule has 1 rings (SSSR count). The molecule has 10 heavy (non-hydrogen) atoms. The van der Waals surface area contributed by atoms with Gasteiger partial charge in [-0.25, -0.2) is 0 Å². The Balaban J connectivity index is 2.41. The Kier molecular flexibility index (Phi) is 2.62. The van der Waals surface area contributed by atoms with E-state index in [2.05, 4.69) is 0 Å². The van der Waals surface area contributed by atoms with Crippen LogP contribution in [0.1, 0.15) is 6.92 Å². The SMILES string of the molecule is CC1OC(CO)C(CO)O1. The van der Waals surface area contributed by atoms with Crippen molar-refractivity contribution in [2.24, 2.45) is 0 Å². The van der Waals surface area contributed by atoms with Crippen LogP contribution in [0.25, 0.3) is 0 Å². The zero-order valence-corrected chi connectivity index (χ0v) is 5.86. The summed E-state index contributed by atoms with van der Waals surface area (Å²) in [7, 11) is 0. The summed E-state index contributed by atoms with van der Waals surface area (Å²) >= 11 is 0. The van der Waals surface area contributed by atoms with Crippen molar-refractivity contribution < 1.29 is 19.7 Å². The third kappa shape index (κ3) is 1.46. The van der Waals surface area contributed by atoms with Crippen LogP contribution in [-0.2, 0) is 9.47 Å². The van der Waals surface area contributed by atoms with E-state index < -0.39 is 0 Å². The summed E-state index contributed by atoms with van der Waals surface area (Å²) in [5, 5.41) is 17.3. The van der Waals surface area contributed by atoms with Gasteiger partial charge < -0.3 is 19.7 Å². The van der Waals surface area contributed by atoms with E-state index in [0.29, 0.717) is 0 Å². The molecule has 1 saturated heterocycles. The molecule has 4 nitrogen and oxygen atoms in total. The lowest BCUT2D eigenvalue weighted by Gasteiger charge is -2.09. The fourth-order valence-corrected chi connectivity index (χ4v) is 1.02. The maximum atomic E-state index is 8.67. The number of hydrogen-bond acceptors (Lipinski definition) is 4. The molecule has 1 aliphatic heterocycles. The van der Waals surface area contributed by atoms with Crippen molar-refractivity contribution in [3.63, 3.8) is 0 Å². The van der Waals surface area contributed by atoms with E-state index in [4.69, 9.17) is 19.7 Å². The van der Waals surface area contributed by atoms with E-state index in [1.54, 1.807) is 6.92 Å². The first-order valence-corrected chi connectivity index (χ1v) is 3.30. The van der Waals surface area contributed by atoms with Gasteiger partial charge >= 0.3 is 0 Å². The summed E-state index contributed by atoms with van der Waals surface area (Å²) in [5.74, 6) is 0. The lowest BCUT2D eigenvalue weighted by molar-refractivity contribution is -0.0597. The smallest absolute Gasteiger partial charge is 0.156 e. The lowest BCUT2D eigenvalue weighted by atomic mass is 10.2. The summed E-state index contributed by atoms with van der Waals surface area (Å²) in [6.45, 7) is 1.53. The molecule has 2 unspecified atom stereocenters. The van der Waals surface area contributed by atoms with Crippen LogP contribution < -0.4 is 0 Å².